The Balaban J connectivity index is 2.20. The zero-order chi connectivity index (χ0) is 22.5. The van der Waals surface area contributed by atoms with Gasteiger partial charge in [0.15, 0.2) is 0 Å². The summed E-state index contributed by atoms with van der Waals surface area (Å²) in [4.78, 5) is 12.8. The van der Waals surface area contributed by atoms with E-state index in [2.05, 4.69) is 14.8 Å². The fraction of sp³-hybridized carbons (Fsp3) is 0.350. The molecule has 0 aromatic heterocycles. The summed E-state index contributed by atoms with van der Waals surface area (Å²) in [5.74, 6) is -0.449. The van der Waals surface area contributed by atoms with Crippen molar-refractivity contribution < 1.29 is 21.6 Å². The van der Waals surface area contributed by atoms with Crippen LogP contribution >= 0.6 is 0 Å². The average Bonchev–Trinajstić information content (AvgIpc) is 2.65. The Hall–Kier alpha value is -2.27. The topological polar surface area (TPSA) is 121 Å². The number of nitrogens with one attached hydrogen (secondary N) is 3. The Labute approximate surface area is 178 Å². The maximum absolute atomic E-state index is 12.6. The third-order valence-corrected chi connectivity index (χ3v) is 7.35. The van der Waals surface area contributed by atoms with Crippen LogP contribution in [0.4, 0.5) is 0 Å². The summed E-state index contributed by atoms with van der Waals surface area (Å²) in [5.41, 5.74) is 1.46. The maximum Gasteiger partial charge on any atom is 0.251 e. The Morgan fingerprint density at radius 2 is 1.63 bits per heavy atom. The van der Waals surface area contributed by atoms with E-state index in [1.165, 1.54) is 24.3 Å². The molecular formula is C20H27N3O5S2. The normalized spacial score (nSPS) is 12.2. The number of carbonyl (C=O) groups excluding carboxylic acids is 1. The Kier molecular flexibility index (Phi) is 7.75. The lowest BCUT2D eigenvalue weighted by atomic mass is 10.1. The van der Waals surface area contributed by atoms with Crippen LogP contribution in [0.25, 0.3) is 0 Å². The number of amides is 1. The quantitative estimate of drug-likeness (QED) is 0.535. The van der Waals surface area contributed by atoms with Crippen LogP contribution in [-0.2, 0) is 26.6 Å². The van der Waals surface area contributed by atoms with Gasteiger partial charge in [-0.15, -0.1) is 0 Å². The predicted molar refractivity (Wildman–Crippen MR) is 115 cm³/mol. The lowest BCUT2D eigenvalue weighted by Crippen LogP contribution is -2.30. The highest BCUT2D eigenvalue weighted by atomic mass is 32.2. The first-order valence-electron chi connectivity index (χ1n) is 9.46. The minimum absolute atomic E-state index is 0.00736. The lowest BCUT2D eigenvalue weighted by molar-refractivity contribution is 0.0950. The van der Waals surface area contributed by atoms with Crippen molar-refractivity contribution in [2.75, 3.05) is 6.54 Å². The highest BCUT2D eigenvalue weighted by Crippen LogP contribution is 2.16. The van der Waals surface area contributed by atoms with Gasteiger partial charge in [0.1, 0.15) is 0 Å². The number of benzene rings is 2. The van der Waals surface area contributed by atoms with E-state index in [1.54, 1.807) is 45.9 Å². The predicted octanol–water partition coefficient (Wildman–Crippen LogP) is 1.91. The zero-order valence-corrected chi connectivity index (χ0v) is 19.0. The van der Waals surface area contributed by atoms with Gasteiger partial charge < -0.3 is 5.32 Å². The Morgan fingerprint density at radius 3 is 2.27 bits per heavy atom. The molecule has 3 N–H and O–H groups in total. The van der Waals surface area contributed by atoms with Crippen molar-refractivity contribution in [2.24, 2.45) is 0 Å². The molecule has 0 aliphatic heterocycles. The van der Waals surface area contributed by atoms with E-state index in [9.17, 15) is 21.6 Å². The summed E-state index contributed by atoms with van der Waals surface area (Å²) in [5, 5.41) is 2.72. The maximum atomic E-state index is 12.6. The van der Waals surface area contributed by atoms with Crippen LogP contribution in [0.5, 0.6) is 0 Å². The summed E-state index contributed by atoms with van der Waals surface area (Å²) in [7, 11) is -7.33. The molecule has 30 heavy (non-hydrogen) atoms. The molecule has 0 aliphatic carbocycles. The molecule has 0 fully saturated rings. The van der Waals surface area contributed by atoms with Crippen LogP contribution in [-0.4, -0.2) is 35.3 Å². The van der Waals surface area contributed by atoms with Crippen LogP contribution in [0.3, 0.4) is 0 Å². The van der Waals surface area contributed by atoms with E-state index in [4.69, 9.17) is 0 Å². The molecule has 0 bridgehead atoms. The van der Waals surface area contributed by atoms with Crippen LogP contribution in [0, 0.1) is 6.92 Å². The first-order valence-corrected chi connectivity index (χ1v) is 12.4. The largest absolute Gasteiger partial charge is 0.348 e. The molecule has 0 atom stereocenters. The molecule has 0 saturated carbocycles. The highest BCUT2D eigenvalue weighted by molar-refractivity contribution is 7.89. The van der Waals surface area contributed by atoms with E-state index in [-0.39, 0.29) is 34.5 Å². The molecule has 2 rings (SSSR count). The van der Waals surface area contributed by atoms with Gasteiger partial charge in [-0.3, -0.25) is 4.79 Å². The van der Waals surface area contributed by atoms with Gasteiger partial charge in [-0.1, -0.05) is 25.1 Å². The van der Waals surface area contributed by atoms with E-state index in [0.717, 1.165) is 0 Å². The molecule has 2 aromatic rings. The van der Waals surface area contributed by atoms with Crippen molar-refractivity contribution in [1.29, 1.82) is 0 Å². The standard InChI is InChI=1S/C20H27N3O5S2/c1-5-22-29(25,26)18-10-9-15(4)19(12-18)20(24)21-13-16-7-6-8-17(11-16)30(27,28)23-14(2)3/h6-12,14,22-23H,5,13H2,1-4H3,(H,21,24). The van der Waals surface area contributed by atoms with Gasteiger partial charge >= 0.3 is 0 Å². The van der Waals surface area contributed by atoms with Crippen molar-refractivity contribution in [2.45, 2.75) is 50.1 Å². The van der Waals surface area contributed by atoms with Crippen LogP contribution in [0.15, 0.2) is 52.3 Å². The van der Waals surface area contributed by atoms with Crippen molar-refractivity contribution in [3.05, 3.63) is 59.2 Å². The van der Waals surface area contributed by atoms with Crippen LogP contribution in [0.1, 0.15) is 42.3 Å². The van der Waals surface area contributed by atoms with E-state index in [1.807, 2.05) is 0 Å². The van der Waals surface area contributed by atoms with Gasteiger partial charge in [0.2, 0.25) is 20.0 Å². The third kappa shape index (κ3) is 6.11. The minimum atomic E-state index is -3.69. The van der Waals surface area contributed by atoms with Crippen molar-refractivity contribution >= 4 is 26.0 Å². The molecule has 0 unspecified atom stereocenters. The summed E-state index contributed by atoms with van der Waals surface area (Å²) in [6.07, 6.45) is 0. The zero-order valence-electron chi connectivity index (χ0n) is 17.4. The van der Waals surface area contributed by atoms with E-state index >= 15 is 0 Å². The van der Waals surface area contributed by atoms with Crippen molar-refractivity contribution in [3.8, 4) is 0 Å². The molecule has 1 amide bonds. The lowest BCUT2D eigenvalue weighted by Gasteiger charge is -2.12. The molecule has 164 valence electrons. The molecule has 0 heterocycles. The van der Waals surface area contributed by atoms with Gasteiger partial charge in [-0.2, -0.15) is 0 Å². The number of carbonyl (C=O) groups is 1. The first kappa shape index (κ1) is 24.0. The monoisotopic (exact) mass is 453 g/mol. The SMILES string of the molecule is CCNS(=O)(=O)c1ccc(C)c(C(=O)NCc2cccc(S(=O)(=O)NC(C)C)c2)c1. The van der Waals surface area contributed by atoms with Gasteiger partial charge in [0.25, 0.3) is 5.91 Å². The first-order chi connectivity index (χ1) is 14.0. The number of aryl methyl sites for hydroxylation is 1. The van der Waals surface area contributed by atoms with Crippen LogP contribution < -0.4 is 14.8 Å². The number of sulfonamides is 2. The molecule has 10 heteroatoms. The Bertz CT molecular complexity index is 1130. The number of rotatable bonds is 9. The van der Waals surface area contributed by atoms with Crippen molar-refractivity contribution in [1.82, 2.24) is 14.8 Å². The van der Waals surface area contributed by atoms with E-state index in [0.29, 0.717) is 11.1 Å². The van der Waals surface area contributed by atoms with Gasteiger partial charge in [-0.05, 0) is 56.2 Å². The average molecular weight is 454 g/mol. The Morgan fingerprint density at radius 1 is 0.967 bits per heavy atom. The molecular weight excluding hydrogens is 426 g/mol. The molecule has 0 spiro atoms. The summed E-state index contributed by atoms with van der Waals surface area (Å²) >= 11 is 0. The smallest absolute Gasteiger partial charge is 0.251 e. The molecule has 8 nitrogen and oxygen atoms in total. The molecule has 2 aromatic carbocycles. The summed E-state index contributed by atoms with van der Waals surface area (Å²) < 4.78 is 54.0. The molecule has 0 saturated heterocycles. The second-order valence-electron chi connectivity index (χ2n) is 7.08. The molecule has 0 aliphatic rings. The van der Waals surface area contributed by atoms with Gasteiger partial charge in [-0.25, -0.2) is 26.3 Å². The summed E-state index contributed by atoms with van der Waals surface area (Å²) in [6.45, 7) is 7.17. The van der Waals surface area contributed by atoms with Crippen LogP contribution in [0.2, 0.25) is 0 Å². The fourth-order valence-electron chi connectivity index (χ4n) is 2.76. The highest BCUT2D eigenvalue weighted by Gasteiger charge is 2.18. The summed E-state index contributed by atoms with van der Waals surface area (Å²) in [6, 6.07) is 10.4. The van der Waals surface area contributed by atoms with E-state index < -0.39 is 26.0 Å². The number of hydrogen-bond donors (Lipinski definition) is 3. The van der Waals surface area contributed by atoms with Crippen molar-refractivity contribution in [3.63, 3.8) is 0 Å². The third-order valence-electron chi connectivity index (χ3n) is 4.15. The minimum Gasteiger partial charge on any atom is -0.348 e. The molecule has 0 radical (unpaired) electrons. The fourth-order valence-corrected chi connectivity index (χ4v) is 5.15. The van der Waals surface area contributed by atoms with Gasteiger partial charge in [0.05, 0.1) is 9.79 Å². The van der Waals surface area contributed by atoms with Gasteiger partial charge in [0, 0.05) is 24.7 Å². The number of hydrogen-bond acceptors (Lipinski definition) is 5. The second-order valence-corrected chi connectivity index (χ2v) is 10.6. The second kappa shape index (κ2) is 9.69.